The Balaban J connectivity index is 1.71. The smallest absolute Gasteiger partial charge is 0.307 e. The highest BCUT2D eigenvalue weighted by atomic mass is 32.1. The fraction of sp³-hybridized carbons (Fsp3) is 0.250. The molecule has 0 aliphatic heterocycles. The van der Waals surface area contributed by atoms with Crippen LogP contribution < -0.4 is 10.2 Å². The Hall–Kier alpha value is -2.74. The van der Waals surface area contributed by atoms with E-state index in [4.69, 9.17) is 0 Å². The highest BCUT2D eigenvalue weighted by Gasteiger charge is 2.12. The molecule has 8 heteroatoms. The molecule has 0 spiro atoms. The van der Waals surface area contributed by atoms with E-state index >= 15 is 0 Å². The van der Waals surface area contributed by atoms with Crippen molar-refractivity contribution in [3.05, 3.63) is 57.0 Å². The molecule has 24 heavy (non-hydrogen) atoms. The van der Waals surface area contributed by atoms with Gasteiger partial charge >= 0.3 is 4.87 Å². The lowest BCUT2D eigenvalue weighted by molar-refractivity contribution is -0.116. The van der Waals surface area contributed by atoms with Gasteiger partial charge < -0.3 is 9.88 Å². The highest BCUT2D eigenvalue weighted by Crippen LogP contribution is 2.16. The molecular formula is C16H17N5O2S. The Labute approximate surface area is 142 Å². The molecule has 3 aromatic rings. The first kappa shape index (κ1) is 16.1. The number of hydrogen-bond donors (Lipinski definition) is 1. The fourth-order valence-corrected chi connectivity index (χ4v) is 3.20. The molecule has 1 N–H and O–H groups in total. The van der Waals surface area contributed by atoms with E-state index < -0.39 is 0 Å². The van der Waals surface area contributed by atoms with Crippen LogP contribution in [0.3, 0.4) is 0 Å². The summed E-state index contributed by atoms with van der Waals surface area (Å²) in [6.45, 7) is 4.16. The maximum atomic E-state index is 12.3. The number of thiazole rings is 1. The summed E-state index contributed by atoms with van der Waals surface area (Å²) < 4.78 is 3.23. The minimum Gasteiger partial charge on any atom is -0.323 e. The van der Waals surface area contributed by atoms with Crippen molar-refractivity contribution in [2.75, 3.05) is 5.32 Å². The maximum Gasteiger partial charge on any atom is 0.307 e. The van der Waals surface area contributed by atoms with E-state index in [1.54, 1.807) is 46.0 Å². The molecule has 3 rings (SSSR count). The predicted octanol–water partition coefficient (Wildman–Crippen LogP) is 2.14. The van der Waals surface area contributed by atoms with Crippen molar-refractivity contribution < 1.29 is 4.79 Å². The Morgan fingerprint density at radius 2 is 2.12 bits per heavy atom. The molecule has 7 nitrogen and oxygen atoms in total. The second kappa shape index (κ2) is 6.79. The Kier molecular flexibility index (Phi) is 4.57. The SMILES string of the molecule is Cc1sc(=O)n(CCC(=O)Nc2cccnc2-n2cccn2)c1C. The summed E-state index contributed by atoms with van der Waals surface area (Å²) in [6.07, 6.45) is 5.26. The van der Waals surface area contributed by atoms with Gasteiger partial charge in [0, 0.05) is 42.1 Å². The van der Waals surface area contributed by atoms with Crippen molar-refractivity contribution in [3.8, 4) is 5.82 Å². The van der Waals surface area contributed by atoms with Crippen LogP contribution in [-0.2, 0) is 11.3 Å². The first-order valence-electron chi connectivity index (χ1n) is 7.48. The third kappa shape index (κ3) is 3.28. The minimum atomic E-state index is -0.174. The van der Waals surface area contributed by atoms with E-state index in [1.807, 2.05) is 13.8 Å². The van der Waals surface area contributed by atoms with Crippen molar-refractivity contribution in [2.45, 2.75) is 26.8 Å². The molecule has 0 bridgehead atoms. The number of nitrogens with zero attached hydrogens (tertiary/aromatic N) is 4. The summed E-state index contributed by atoms with van der Waals surface area (Å²) in [5, 5.41) is 6.97. The molecule has 0 saturated heterocycles. The van der Waals surface area contributed by atoms with Crippen LogP contribution in [0.1, 0.15) is 17.0 Å². The zero-order valence-corrected chi connectivity index (χ0v) is 14.2. The van der Waals surface area contributed by atoms with Crippen molar-refractivity contribution in [1.82, 2.24) is 19.3 Å². The summed E-state index contributed by atoms with van der Waals surface area (Å²) in [6, 6.07) is 5.31. The lowest BCUT2D eigenvalue weighted by Gasteiger charge is -2.10. The van der Waals surface area contributed by atoms with Gasteiger partial charge in [0.25, 0.3) is 0 Å². The van der Waals surface area contributed by atoms with Gasteiger partial charge in [0.1, 0.15) is 0 Å². The monoisotopic (exact) mass is 343 g/mol. The van der Waals surface area contributed by atoms with Crippen LogP contribution in [0.2, 0.25) is 0 Å². The van der Waals surface area contributed by atoms with Crippen LogP contribution >= 0.6 is 11.3 Å². The quantitative estimate of drug-likeness (QED) is 0.769. The minimum absolute atomic E-state index is 0.0311. The summed E-state index contributed by atoms with van der Waals surface area (Å²) in [7, 11) is 0. The van der Waals surface area contributed by atoms with Gasteiger partial charge in [-0.2, -0.15) is 5.10 Å². The number of rotatable bonds is 5. The summed E-state index contributed by atoms with van der Waals surface area (Å²) in [4.78, 5) is 29.3. The lowest BCUT2D eigenvalue weighted by Crippen LogP contribution is -2.21. The number of carbonyl (C=O) groups excluding carboxylic acids is 1. The van der Waals surface area contributed by atoms with Gasteiger partial charge in [-0.05, 0) is 32.0 Å². The molecule has 0 aliphatic carbocycles. The maximum absolute atomic E-state index is 12.3. The van der Waals surface area contributed by atoms with Crippen molar-refractivity contribution in [3.63, 3.8) is 0 Å². The zero-order chi connectivity index (χ0) is 17.1. The summed E-state index contributed by atoms with van der Waals surface area (Å²) in [5.41, 5.74) is 1.49. The van der Waals surface area contributed by atoms with E-state index in [2.05, 4.69) is 15.4 Å². The molecule has 1 amide bonds. The number of pyridine rings is 1. The predicted molar refractivity (Wildman–Crippen MR) is 92.7 cm³/mol. The summed E-state index contributed by atoms with van der Waals surface area (Å²) in [5.74, 6) is 0.377. The Morgan fingerprint density at radius 3 is 2.79 bits per heavy atom. The largest absolute Gasteiger partial charge is 0.323 e. The number of aromatic nitrogens is 4. The van der Waals surface area contributed by atoms with Crippen molar-refractivity contribution in [2.24, 2.45) is 0 Å². The lowest BCUT2D eigenvalue weighted by atomic mass is 10.3. The van der Waals surface area contributed by atoms with Crippen LogP contribution in [0.4, 0.5) is 5.69 Å². The van der Waals surface area contributed by atoms with Crippen LogP contribution in [0.5, 0.6) is 0 Å². The van der Waals surface area contributed by atoms with Crippen molar-refractivity contribution >= 4 is 22.9 Å². The van der Waals surface area contributed by atoms with Crippen LogP contribution in [0.15, 0.2) is 41.6 Å². The van der Waals surface area contributed by atoms with Gasteiger partial charge in [-0.15, -0.1) is 0 Å². The normalized spacial score (nSPS) is 10.8. The van der Waals surface area contributed by atoms with Gasteiger partial charge in [0.2, 0.25) is 5.91 Å². The number of carbonyl (C=O) groups is 1. The van der Waals surface area contributed by atoms with Gasteiger partial charge in [-0.25, -0.2) is 9.67 Å². The topological polar surface area (TPSA) is 81.8 Å². The second-order valence-electron chi connectivity index (χ2n) is 5.28. The third-order valence-corrected chi connectivity index (χ3v) is 4.72. The Morgan fingerprint density at radius 1 is 1.29 bits per heavy atom. The average Bonchev–Trinajstić information content (AvgIpc) is 3.16. The first-order chi connectivity index (χ1) is 11.6. The molecule has 3 heterocycles. The molecule has 0 saturated carbocycles. The molecule has 0 aromatic carbocycles. The Bertz CT molecular complexity index is 911. The van der Waals surface area contributed by atoms with E-state index in [0.29, 0.717) is 18.1 Å². The van der Waals surface area contributed by atoms with Crippen molar-refractivity contribution in [1.29, 1.82) is 0 Å². The number of anilines is 1. The molecule has 0 radical (unpaired) electrons. The fourth-order valence-electron chi connectivity index (χ4n) is 2.34. The molecule has 124 valence electrons. The van der Waals surface area contributed by atoms with E-state index in [0.717, 1.165) is 10.6 Å². The zero-order valence-electron chi connectivity index (χ0n) is 13.4. The van der Waals surface area contributed by atoms with Gasteiger partial charge in [-0.3, -0.25) is 9.59 Å². The van der Waals surface area contributed by atoms with Gasteiger partial charge in [0.15, 0.2) is 5.82 Å². The van der Waals surface area contributed by atoms with E-state index in [9.17, 15) is 9.59 Å². The van der Waals surface area contributed by atoms with Gasteiger partial charge in [0.05, 0.1) is 5.69 Å². The van der Waals surface area contributed by atoms with Crippen LogP contribution in [-0.4, -0.2) is 25.2 Å². The number of amides is 1. The molecule has 0 unspecified atom stereocenters. The standard InChI is InChI=1S/C16H17N5O2S/c1-11-12(2)24-16(23)20(11)10-6-14(22)19-13-5-3-7-17-15(13)21-9-4-8-18-21/h3-5,7-9H,6,10H2,1-2H3,(H,19,22). The third-order valence-electron chi connectivity index (χ3n) is 3.72. The molecule has 0 fully saturated rings. The molecule has 0 aliphatic rings. The second-order valence-corrected chi connectivity index (χ2v) is 6.45. The summed E-state index contributed by atoms with van der Waals surface area (Å²) >= 11 is 1.21. The number of aryl methyl sites for hydroxylation is 1. The van der Waals surface area contributed by atoms with E-state index in [-0.39, 0.29) is 17.2 Å². The molecular weight excluding hydrogens is 326 g/mol. The average molecular weight is 343 g/mol. The van der Waals surface area contributed by atoms with Crippen LogP contribution in [0.25, 0.3) is 5.82 Å². The highest BCUT2D eigenvalue weighted by molar-refractivity contribution is 7.09. The first-order valence-corrected chi connectivity index (χ1v) is 8.29. The van der Waals surface area contributed by atoms with Gasteiger partial charge in [-0.1, -0.05) is 11.3 Å². The number of hydrogen-bond acceptors (Lipinski definition) is 5. The van der Waals surface area contributed by atoms with Crippen LogP contribution in [0, 0.1) is 13.8 Å². The molecule has 0 atom stereocenters. The van der Waals surface area contributed by atoms with E-state index in [1.165, 1.54) is 11.3 Å². The number of nitrogens with one attached hydrogen (secondary N) is 1. The molecule has 3 aromatic heterocycles.